The van der Waals surface area contributed by atoms with Crippen molar-refractivity contribution in [3.05, 3.63) is 71.8 Å². The second-order valence-electron chi connectivity index (χ2n) is 10.0. The van der Waals surface area contributed by atoms with Gasteiger partial charge in [0.25, 0.3) is 0 Å². The van der Waals surface area contributed by atoms with Gasteiger partial charge >= 0.3 is 12.1 Å². The summed E-state index contributed by atoms with van der Waals surface area (Å²) in [5.41, 5.74) is 9.01. The molecule has 2 aromatic carbocycles. The Kier molecular flexibility index (Phi) is 13.4. The number of hydrogen-bond acceptors (Lipinski definition) is 10. The van der Waals surface area contributed by atoms with Crippen molar-refractivity contribution in [2.75, 3.05) is 20.2 Å². The third-order valence-corrected chi connectivity index (χ3v) is 6.86. The van der Waals surface area contributed by atoms with Gasteiger partial charge in [0.2, 0.25) is 17.8 Å². The molecule has 0 spiro atoms. The molecule has 3 unspecified atom stereocenters. The van der Waals surface area contributed by atoms with E-state index in [1.165, 1.54) is 12.0 Å². The van der Waals surface area contributed by atoms with E-state index in [0.29, 0.717) is 19.4 Å². The summed E-state index contributed by atoms with van der Waals surface area (Å²) in [5.74, 6) is -2.10. The molecule has 3 amide bonds. The molecule has 1 saturated heterocycles. The van der Waals surface area contributed by atoms with Crippen LogP contribution in [0.25, 0.3) is 0 Å². The van der Waals surface area contributed by atoms with Crippen molar-refractivity contribution < 1.29 is 39.1 Å². The summed E-state index contributed by atoms with van der Waals surface area (Å²) in [4.78, 5) is 57.6. The van der Waals surface area contributed by atoms with Gasteiger partial charge in [0.1, 0.15) is 24.7 Å². The molecule has 0 aliphatic carbocycles. The highest BCUT2D eigenvalue weighted by molar-refractivity contribution is 5.93. The minimum absolute atomic E-state index is 0.0637. The van der Waals surface area contributed by atoms with Crippen LogP contribution in [0.1, 0.15) is 36.8 Å². The number of methoxy groups -OCH3 is 1. The number of ether oxygens (including phenoxy) is 2. The lowest BCUT2D eigenvalue weighted by Crippen LogP contribution is -2.56. The van der Waals surface area contributed by atoms with Crippen LogP contribution < -0.4 is 21.8 Å². The fourth-order valence-electron chi connectivity index (χ4n) is 4.68. The number of aliphatic imine (C=N–C) groups is 1. The topological polar surface area (TPSA) is 208 Å². The van der Waals surface area contributed by atoms with E-state index in [9.17, 15) is 19.2 Å². The highest BCUT2D eigenvalue weighted by Crippen LogP contribution is 2.20. The van der Waals surface area contributed by atoms with Crippen LogP contribution in [-0.2, 0) is 36.9 Å². The SMILES string of the molecule is COC(=O)C(CCCN=C(N)NN(O)O)NC(=O)C(Cc1ccccc1)NC(=O)C1CCCN1C(=O)OCc1ccccc1. The summed E-state index contributed by atoms with van der Waals surface area (Å²) >= 11 is 0. The van der Waals surface area contributed by atoms with Crippen LogP contribution in [-0.4, -0.2) is 88.8 Å². The number of esters is 1. The number of nitrogens with one attached hydrogen (secondary N) is 3. The van der Waals surface area contributed by atoms with Crippen LogP contribution in [0.15, 0.2) is 65.7 Å². The van der Waals surface area contributed by atoms with E-state index in [0.717, 1.165) is 11.1 Å². The summed E-state index contributed by atoms with van der Waals surface area (Å²) in [6.07, 6.45) is 0.896. The van der Waals surface area contributed by atoms with Gasteiger partial charge in [0.15, 0.2) is 0 Å². The molecule has 2 aromatic rings. The summed E-state index contributed by atoms with van der Waals surface area (Å²) in [5, 5.41) is 22.5. The first-order valence-electron chi connectivity index (χ1n) is 14.1. The van der Waals surface area contributed by atoms with Gasteiger partial charge in [0, 0.05) is 24.8 Å². The van der Waals surface area contributed by atoms with Crippen LogP contribution in [0.5, 0.6) is 0 Å². The number of amides is 3. The summed E-state index contributed by atoms with van der Waals surface area (Å²) in [6.45, 7) is 0.495. The number of nitrogens with zero attached hydrogens (tertiary/aromatic N) is 3. The Hall–Kier alpha value is -4.73. The van der Waals surface area contributed by atoms with Crippen LogP contribution in [0, 0.1) is 0 Å². The number of nitrogens with two attached hydrogens (primary N) is 1. The number of hydrogen-bond donors (Lipinski definition) is 6. The van der Waals surface area contributed by atoms with Gasteiger partial charge in [-0.2, -0.15) is 0 Å². The molecule has 0 saturated carbocycles. The largest absolute Gasteiger partial charge is 0.467 e. The van der Waals surface area contributed by atoms with Crippen LogP contribution in [0.2, 0.25) is 0 Å². The lowest BCUT2D eigenvalue weighted by molar-refractivity contribution is -0.329. The average Bonchev–Trinajstić information content (AvgIpc) is 3.52. The first-order chi connectivity index (χ1) is 21.2. The van der Waals surface area contributed by atoms with Crippen molar-refractivity contribution in [2.45, 2.75) is 56.8 Å². The minimum atomic E-state index is -1.07. The van der Waals surface area contributed by atoms with Crippen LogP contribution in [0.4, 0.5) is 4.79 Å². The van der Waals surface area contributed by atoms with Crippen molar-refractivity contribution in [3.63, 3.8) is 0 Å². The van der Waals surface area contributed by atoms with Gasteiger partial charge in [-0.1, -0.05) is 60.7 Å². The van der Waals surface area contributed by atoms with Crippen LogP contribution >= 0.6 is 0 Å². The molecule has 15 heteroatoms. The number of carbonyl (C=O) groups is 4. The van der Waals surface area contributed by atoms with Crippen LogP contribution in [0.3, 0.4) is 0 Å². The maximum Gasteiger partial charge on any atom is 0.410 e. The molecule has 0 bridgehead atoms. The zero-order valence-electron chi connectivity index (χ0n) is 24.4. The quantitative estimate of drug-likeness (QED) is 0.0579. The molecule has 238 valence electrons. The zero-order valence-corrected chi connectivity index (χ0v) is 24.4. The summed E-state index contributed by atoms with van der Waals surface area (Å²) in [6, 6.07) is 15.3. The smallest absolute Gasteiger partial charge is 0.410 e. The Balaban J connectivity index is 1.67. The van der Waals surface area contributed by atoms with Gasteiger partial charge < -0.3 is 25.8 Å². The van der Waals surface area contributed by atoms with Crippen molar-refractivity contribution in [1.82, 2.24) is 26.3 Å². The fraction of sp³-hybridized carbons (Fsp3) is 0.414. The highest BCUT2D eigenvalue weighted by atomic mass is 16.8. The van der Waals surface area contributed by atoms with Gasteiger partial charge in [0.05, 0.1) is 7.11 Å². The molecular formula is C29H39N7O8. The minimum Gasteiger partial charge on any atom is -0.467 e. The molecule has 1 aliphatic heterocycles. The van der Waals surface area contributed by atoms with E-state index in [-0.39, 0.29) is 43.7 Å². The van der Waals surface area contributed by atoms with E-state index < -0.39 is 42.0 Å². The Morgan fingerprint density at radius 1 is 1.02 bits per heavy atom. The third kappa shape index (κ3) is 10.8. The monoisotopic (exact) mass is 613 g/mol. The zero-order chi connectivity index (χ0) is 31.9. The molecule has 0 aromatic heterocycles. The number of hydrazine groups is 1. The summed E-state index contributed by atoms with van der Waals surface area (Å²) < 4.78 is 10.3. The van der Waals surface area contributed by atoms with Crippen molar-refractivity contribution in [2.24, 2.45) is 10.7 Å². The predicted molar refractivity (Wildman–Crippen MR) is 157 cm³/mol. The molecule has 3 rings (SSSR count). The predicted octanol–water partition coefficient (Wildman–Crippen LogP) is 0.853. The van der Waals surface area contributed by atoms with E-state index in [1.54, 1.807) is 12.1 Å². The molecule has 1 aliphatic rings. The Labute approximate surface area is 254 Å². The van der Waals surface area contributed by atoms with E-state index in [1.807, 2.05) is 54.0 Å². The fourth-order valence-corrected chi connectivity index (χ4v) is 4.68. The molecule has 1 fully saturated rings. The molecule has 3 atom stereocenters. The lowest BCUT2D eigenvalue weighted by atomic mass is 10.0. The Morgan fingerprint density at radius 2 is 1.68 bits per heavy atom. The van der Waals surface area contributed by atoms with E-state index in [4.69, 9.17) is 25.6 Å². The number of likely N-dealkylation sites (tertiary alicyclic amines) is 1. The number of rotatable bonds is 14. The summed E-state index contributed by atoms with van der Waals surface area (Å²) in [7, 11) is 1.19. The first-order valence-corrected chi connectivity index (χ1v) is 14.1. The lowest BCUT2D eigenvalue weighted by Gasteiger charge is -2.27. The van der Waals surface area contributed by atoms with Gasteiger partial charge in [-0.25, -0.2) is 15.0 Å². The normalized spacial score (nSPS) is 16.1. The van der Waals surface area contributed by atoms with Crippen molar-refractivity contribution >= 4 is 29.8 Å². The molecule has 7 N–H and O–H groups in total. The molecule has 15 nitrogen and oxygen atoms in total. The molecule has 44 heavy (non-hydrogen) atoms. The maximum atomic E-state index is 13.5. The maximum absolute atomic E-state index is 13.5. The van der Waals surface area contributed by atoms with Crippen molar-refractivity contribution in [1.29, 1.82) is 0 Å². The average molecular weight is 614 g/mol. The molecule has 1 heterocycles. The second-order valence-corrected chi connectivity index (χ2v) is 10.0. The Bertz CT molecular complexity index is 1260. The van der Waals surface area contributed by atoms with E-state index in [2.05, 4.69) is 15.6 Å². The van der Waals surface area contributed by atoms with Crippen molar-refractivity contribution in [3.8, 4) is 0 Å². The standard InChI is InChI=1S/C29H39N7O8/c1-43-27(39)22(14-8-16-31-28(30)34-36(41)42)32-25(37)23(18-20-10-4-2-5-11-20)33-26(38)24-15-9-17-35(24)29(40)44-19-21-12-6-3-7-13-21/h2-7,10-13,22-24,41-42H,8-9,14-19H2,1H3,(H,32,37)(H,33,38)(H3,30,31,34). The second kappa shape index (κ2) is 17.4. The number of carbonyl (C=O) groups excluding carboxylic acids is 4. The number of guanidine groups is 1. The Morgan fingerprint density at radius 3 is 2.32 bits per heavy atom. The van der Waals surface area contributed by atoms with Gasteiger partial charge in [-0.3, -0.25) is 29.9 Å². The molecule has 0 radical (unpaired) electrons. The van der Waals surface area contributed by atoms with E-state index >= 15 is 0 Å². The van der Waals surface area contributed by atoms with Gasteiger partial charge in [-0.05, 0) is 36.8 Å². The highest BCUT2D eigenvalue weighted by Gasteiger charge is 2.37. The first kappa shape index (κ1) is 33.8. The number of benzene rings is 2. The van der Waals surface area contributed by atoms with Gasteiger partial charge in [-0.15, -0.1) is 0 Å². The molecular weight excluding hydrogens is 574 g/mol. The third-order valence-electron chi connectivity index (χ3n) is 6.86.